The Morgan fingerprint density at radius 1 is 1.44 bits per heavy atom. The van der Waals surface area contributed by atoms with E-state index in [1.165, 1.54) is 6.20 Å². The van der Waals surface area contributed by atoms with Gasteiger partial charge in [-0.25, -0.2) is 0 Å². The van der Waals surface area contributed by atoms with E-state index in [2.05, 4.69) is 26.6 Å². The Balaban J connectivity index is 2.66. The second kappa shape index (κ2) is 7.48. The van der Waals surface area contributed by atoms with Crippen molar-refractivity contribution in [2.24, 2.45) is 0 Å². The minimum absolute atomic E-state index is 0.0497. The number of carbonyl (C=O) groups excluding carboxylic acids is 1. The Morgan fingerprint density at radius 3 is 2.67 bits per heavy atom. The van der Waals surface area contributed by atoms with Gasteiger partial charge < -0.3 is 15.7 Å². The van der Waals surface area contributed by atoms with Crippen molar-refractivity contribution >= 4 is 27.5 Å². The number of nitriles is 1. The van der Waals surface area contributed by atoms with Crippen molar-refractivity contribution in [1.82, 2.24) is 5.32 Å². The van der Waals surface area contributed by atoms with E-state index in [1.807, 2.05) is 0 Å². The van der Waals surface area contributed by atoms with Gasteiger partial charge in [-0.1, -0.05) is 15.9 Å². The summed E-state index contributed by atoms with van der Waals surface area (Å²) in [5.74, 6) is -0.495. The van der Waals surface area contributed by atoms with E-state index in [1.54, 1.807) is 30.3 Å². The van der Waals surface area contributed by atoms with E-state index in [9.17, 15) is 4.79 Å². The molecule has 0 atom stereocenters. The third-order valence-corrected chi connectivity index (χ3v) is 2.50. The second-order valence-corrected chi connectivity index (χ2v) is 4.22. The van der Waals surface area contributed by atoms with E-state index in [4.69, 9.17) is 10.4 Å². The lowest BCUT2D eigenvalue weighted by Crippen LogP contribution is -2.18. The first-order valence-electron chi connectivity index (χ1n) is 5.19. The number of aliphatic hydroxyl groups is 1. The summed E-state index contributed by atoms with van der Waals surface area (Å²) < 4.78 is 0.904. The number of hydrogen-bond acceptors (Lipinski definition) is 4. The second-order valence-electron chi connectivity index (χ2n) is 3.31. The maximum Gasteiger partial charge on any atom is 0.267 e. The smallest absolute Gasteiger partial charge is 0.267 e. The normalized spacial score (nSPS) is 10.6. The number of nitrogens with one attached hydrogen (secondary N) is 2. The van der Waals surface area contributed by atoms with E-state index < -0.39 is 5.91 Å². The molecule has 0 saturated heterocycles. The highest BCUT2D eigenvalue weighted by molar-refractivity contribution is 9.10. The Bertz CT molecular complexity index is 477. The van der Waals surface area contributed by atoms with Gasteiger partial charge >= 0.3 is 0 Å². The van der Waals surface area contributed by atoms with Crippen molar-refractivity contribution in [2.75, 3.05) is 18.5 Å². The first-order chi connectivity index (χ1) is 8.67. The number of rotatable bonds is 5. The van der Waals surface area contributed by atoms with Crippen molar-refractivity contribution in [3.63, 3.8) is 0 Å². The summed E-state index contributed by atoms with van der Waals surface area (Å²) in [6.45, 7) is 0.223. The number of benzene rings is 1. The van der Waals surface area contributed by atoms with Crippen LogP contribution in [0.25, 0.3) is 0 Å². The largest absolute Gasteiger partial charge is 0.395 e. The number of carbonyl (C=O) groups is 1. The molecule has 0 aromatic heterocycles. The topological polar surface area (TPSA) is 85.2 Å². The third kappa shape index (κ3) is 4.57. The fourth-order valence-electron chi connectivity index (χ4n) is 1.12. The van der Waals surface area contributed by atoms with Gasteiger partial charge in [-0.3, -0.25) is 4.79 Å². The number of anilines is 1. The molecule has 5 nitrogen and oxygen atoms in total. The van der Waals surface area contributed by atoms with Crippen molar-refractivity contribution in [1.29, 1.82) is 5.26 Å². The highest BCUT2D eigenvalue weighted by Gasteiger charge is 2.08. The minimum Gasteiger partial charge on any atom is -0.395 e. The average molecular weight is 310 g/mol. The first-order valence-corrected chi connectivity index (χ1v) is 5.98. The fourth-order valence-corrected chi connectivity index (χ4v) is 1.38. The molecule has 0 aliphatic carbocycles. The molecule has 0 fully saturated rings. The van der Waals surface area contributed by atoms with Crippen LogP contribution in [0, 0.1) is 11.3 Å². The lowest BCUT2D eigenvalue weighted by atomic mass is 10.2. The van der Waals surface area contributed by atoms with Crippen molar-refractivity contribution in [3.05, 3.63) is 40.5 Å². The molecule has 0 saturated carbocycles. The van der Waals surface area contributed by atoms with Gasteiger partial charge in [-0.2, -0.15) is 5.26 Å². The average Bonchev–Trinajstić information content (AvgIpc) is 2.37. The summed E-state index contributed by atoms with van der Waals surface area (Å²) in [5, 5.41) is 22.7. The molecule has 18 heavy (non-hydrogen) atoms. The van der Waals surface area contributed by atoms with Crippen molar-refractivity contribution in [2.45, 2.75) is 0 Å². The molecule has 0 unspecified atom stereocenters. The Kier molecular flexibility index (Phi) is 5.91. The van der Waals surface area contributed by atoms with E-state index in [-0.39, 0.29) is 18.7 Å². The lowest BCUT2D eigenvalue weighted by molar-refractivity contribution is -0.112. The highest BCUT2D eigenvalue weighted by atomic mass is 79.9. The van der Waals surface area contributed by atoms with Crippen LogP contribution in [-0.4, -0.2) is 24.2 Å². The Morgan fingerprint density at radius 2 is 2.11 bits per heavy atom. The van der Waals surface area contributed by atoms with Crippen LogP contribution in [0.3, 0.4) is 0 Å². The van der Waals surface area contributed by atoms with Gasteiger partial charge in [0.05, 0.1) is 6.61 Å². The summed E-state index contributed by atoms with van der Waals surface area (Å²) in [6.07, 6.45) is 1.28. The first kappa shape index (κ1) is 14.2. The van der Waals surface area contributed by atoms with E-state index in [0.29, 0.717) is 5.69 Å². The fraction of sp³-hybridized carbons (Fsp3) is 0.167. The molecular weight excluding hydrogens is 298 g/mol. The number of nitrogens with zero attached hydrogens (tertiary/aromatic N) is 1. The van der Waals surface area contributed by atoms with Gasteiger partial charge in [-0.05, 0) is 24.3 Å². The van der Waals surface area contributed by atoms with Gasteiger partial charge in [0.25, 0.3) is 5.91 Å². The SMILES string of the molecule is N#C/C(=C/NCCO)C(=O)Nc1ccc(Br)cc1. The van der Waals surface area contributed by atoms with Gasteiger partial charge in [-0.15, -0.1) is 0 Å². The van der Waals surface area contributed by atoms with Crippen LogP contribution in [0.4, 0.5) is 5.69 Å². The summed E-state index contributed by atoms with van der Waals surface area (Å²) in [5.41, 5.74) is 0.554. The van der Waals surface area contributed by atoms with Gasteiger partial charge in [0, 0.05) is 22.9 Å². The number of aliphatic hydroxyl groups excluding tert-OH is 1. The minimum atomic E-state index is -0.495. The van der Waals surface area contributed by atoms with E-state index >= 15 is 0 Å². The molecule has 94 valence electrons. The molecule has 0 bridgehead atoms. The zero-order valence-corrected chi connectivity index (χ0v) is 11.1. The number of halogens is 1. The zero-order valence-electron chi connectivity index (χ0n) is 9.48. The molecule has 0 radical (unpaired) electrons. The monoisotopic (exact) mass is 309 g/mol. The maximum atomic E-state index is 11.7. The molecular formula is C12H12BrN3O2. The molecule has 0 aliphatic heterocycles. The summed E-state index contributed by atoms with van der Waals surface area (Å²) in [4.78, 5) is 11.7. The number of amides is 1. The van der Waals surface area contributed by atoms with Crippen LogP contribution in [0.1, 0.15) is 0 Å². The predicted octanol–water partition coefficient (Wildman–Crippen LogP) is 1.38. The van der Waals surface area contributed by atoms with Gasteiger partial charge in [0.2, 0.25) is 0 Å². The van der Waals surface area contributed by atoms with Crippen LogP contribution in [0.15, 0.2) is 40.5 Å². The van der Waals surface area contributed by atoms with Crippen LogP contribution < -0.4 is 10.6 Å². The van der Waals surface area contributed by atoms with Gasteiger partial charge in [0.1, 0.15) is 11.6 Å². The van der Waals surface area contributed by atoms with E-state index in [0.717, 1.165) is 4.47 Å². The third-order valence-electron chi connectivity index (χ3n) is 1.97. The summed E-state index contributed by atoms with van der Waals surface area (Å²) in [7, 11) is 0. The Labute approximate surface area is 113 Å². The number of hydrogen-bond donors (Lipinski definition) is 3. The molecule has 0 spiro atoms. The predicted molar refractivity (Wildman–Crippen MR) is 71.6 cm³/mol. The summed E-state index contributed by atoms with van der Waals surface area (Å²) in [6, 6.07) is 8.80. The maximum absolute atomic E-state index is 11.7. The molecule has 1 aromatic carbocycles. The molecule has 1 aromatic rings. The summed E-state index contributed by atoms with van der Waals surface area (Å²) >= 11 is 3.29. The van der Waals surface area contributed by atoms with Crippen LogP contribution in [0.5, 0.6) is 0 Å². The molecule has 6 heteroatoms. The zero-order chi connectivity index (χ0) is 13.4. The Hall–Kier alpha value is -1.84. The van der Waals surface area contributed by atoms with Gasteiger partial charge in [0.15, 0.2) is 0 Å². The van der Waals surface area contributed by atoms with Crippen LogP contribution in [0.2, 0.25) is 0 Å². The highest BCUT2D eigenvalue weighted by Crippen LogP contribution is 2.14. The molecule has 0 heterocycles. The molecule has 1 rings (SSSR count). The standard InChI is InChI=1S/C12H12BrN3O2/c13-10-1-3-11(4-2-10)16-12(18)9(7-14)8-15-5-6-17/h1-4,8,15,17H,5-6H2,(H,16,18)/b9-8-. The van der Waals surface area contributed by atoms with Crippen molar-refractivity contribution < 1.29 is 9.90 Å². The quantitative estimate of drug-likeness (QED) is 0.436. The van der Waals surface area contributed by atoms with Crippen molar-refractivity contribution in [3.8, 4) is 6.07 Å². The molecule has 0 aliphatic rings. The molecule has 1 amide bonds. The van der Waals surface area contributed by atoms with Crippen LogP contribution >= 0.6 is 15.9 Å². The van der Waals surface area contributed by atoms with Crippen LogP contribution in [-0.2, 0) is 4.79 Å². The molecule has 3 N–H and O–H groups in total. The lowest BCUT2D eigenvalue weighted by Gasteiger charge is -2.04.